The van der Waals surface area contributed by atoms with Gasteiger partial charge in [-0.2, -0.15) is 0 Å². The number of carbonyl (C=O) groups is 2. The Balaban J connectivity index is 2.46. The molecule has 1 aromatic carbocycles. The molecule has 0 aliphatic heterocycles. The Morgan fingerprint density at radius 3 is 2.80 bits per heavy atom. The summed E-state index contributed by atoms with van der Waals surface area (Å²) < 4.78 is 4.95. The van der Waals surface area contributed by atoms with Crippen molar-refractivity contribution < 1.29 is 24.5 Å². The lowest BCUT2D eigenvalue weighted by Crippen LogP contribution is -2.22. The number of aliphatic carboxylic acids is 1. The lowest BCUT2D eigenvalue weighted by molar-refractivity contribution is -0.137. The van der Waals surface area contributed by atoms with Gasteiger partial charge < -0.3 is 20.3 Å². The van der Waals surface area contributed by atoms with E-state index >= 15 is 0 Å². The predicted octanol–water partition coefficient (Wildman–Crippen LogP) is 1.39. The molecule has 0 heterocycles. The number of ether oxygens (including phenoxy) is 1. The molecule has 0 aliphatic rings. The molecular weight excluding hydrogens is 262 g/mol. The number of carbonyl (C=O) groups excluding carboxylic acids is 1. The van der Waals surface area contributed by atoms with E-state index in [1.165, 1.54) is 19.3 Å². The number of hydrogen-bond acceptors (Lipinski definition) is 4. The van der Waals surface area contributed by atoms with Crippen molar-refractivity contribution in [3.8, 4) is 11.5 Å². The number of hydrogen-bond donors (Lipinski definition) is 3. The first-order chi connectivity index (χ1) is 9.52. The summed E-state index contributed by atoms with van der Waals surface area (Å²) in [7, 11) is 1.44. The summed E-state index contributed by atoms with van der Waals surface area (Å²) in [6.45, 7) is 0.314. The van der Waals surface area contributed by atoms with E-state index in [9.17, 15) is 14.7 Å². The molecule has 3 N–H and O–H groups in total. The van der Waals surface area contributed by atoms with Gasteiger partial charge in [0.2, 0.25) is 5.91 Å². The molecule has 108 valence electrons. The van der Waals surface area contributed by atoms with Gasteiger partial charge in [0, 0.05) is 19.0 Å². The minimum absolute atomic E-state index is 0.0269. The molecule has 1 amide bonds. The molecule has 1 aromatic rings. The molecule has 0 radical (unpaired) electrons. The van der Waals surface area contributed by atoms with Crippen molar-refractivity contribution in [3.63, 3.8) is 0 Å². The van der Waals surface area contributed by atoms with Crippen molar-refractivity contribution in [2.24, 2.45) is 0 Å². The van der Waals surface area contributed by atoms with Gasteiger partial charge in [0.1, 0.15) is 0 Å². The van der Waals surface area contributed by atoms with Crippen molar-refractivity contribution >= 4 is 18.0 Å². The minimum Gasteiger partial charge on any atom is -0.504 e. The summed E-state index contributed by atoms with van der Waals surface area (Å²) in [6.07, 6.45) is 3.34. The second-order valence-electron chi connectivity index (χ2n) is 4.05. The monoisotopic (exact) mass is 279 g/mol. The Labute approximate surface area is 116 Å². The first-order valence-corrected chi connectivity index (χ1v) is 6.07. The Bertz CT molecular complexity index is 510. The third-order valence-electron chi connectivity index (χ3n) is 2.50. The third-order valence-corrected chi connectivity index (χ3v) is 2.50. The fourth-order valence-corrected chi connectivity index (χ4v) is 1.48. The van der Waals surface area contributed by atoms with Crippen LogP contribution in [0.2, 0.25) is 0 Å². The summed E-state index contributed by atoms with van der Waals surface area (Å²) in [4.78, 5) is 21.7. The van der Waals surface area contributed by atoms with Gasteiger partial charge in [-0.15, -0.1) is 0 Å². The highest BCUT2D eigenvalue weighted by Crippen LogP contribution is 2.26. The Morgan fingerprint density at radius 2 is 2.15 bits per heavy atom. The quantitative estimate of drug-likeness (QED) is 0.518. The summed E-state index contributed by atoms with van der Waals surface area (Å²) in [5.41, 5.74) is 0.709. The maximum atomic E-state index is 11.5. The molecule has 1 rings (SSSR count). The lowest BCUT2D eigenvalue weighted by atomic mass is 10.2. The number of aromatic hydroxyl groups is 1. The zero-order valence-electron chi connectivity index (χ0n) is 11.1. The number of phenols is 1. The van der Waals surface area contributed by atoms with Gasteiger partial charge in [-0.25, -0.2) is 0 Å². The van der Waals surface area contributed by atoms with E-state index in [2.05, 4.69) is 5.32 Å². The standard InChI is InChI=1S/C14H17NO5/c1-20-12-9-10(4-6-11(12)16)5-7-13(17)15-8-2-3-14(18)19/h4-7,9,16H,2-3,8H2,1H3,(H,15,17)(H,18,19)/b7-5+. The van der Waals surface area contributed by atoms with E-state index < -0.39 is 5.97 Å². The van der Waals surface area contributed by atoms with Crippen LogP contribution in [0.4, 0.5) is 0 Å². The van der Waals surface area contributed by atoms with Crippen LogP contribution in [0.25, 0.3) is 6.08 Å². The molecule has 6 nitrogen and oxygen atoms in total. The van der Waals surface area contributed by atoms with Gasteiger partial charge in [0.15, 0.2) is 11.5 Å². The molecule has 0 saturated carbocycles. The van der Waals surface area contributed by atoms with E-state index in [-0.39, 0.29) is 18.1 Å². The van der Waals surface area contributed by atoms with Gasteiger partial charge in [0.05, 0.1) is 7.11 Å². The number of rotatable bonds is 7. The number of amides is 1. The van der Waals surface area contributed by atoms with E-state index in [4.69, 9.17) is 9.84 Å². The van der Waals surface area contributed by atoms with E-state index in [0.717, 1.165) is 0 Å². The molecular formula is C14H17NO5. The predicted molar refractivity (Wildman–Crippen MR) is 73.6 cm³/mol. The lowest BCUT2D eigenvalue weighted by Gasteiger charge is -2.03. The van der Waals surface area contributed by atoms with Crippen molar-refractivity contribution in [1.29, 1.82) is 0 Å². The zero-order valence-corrected chi connectivity index (χ0v) is 11.1. The molecule has 6 heteroatoms. The second-order valence-corrected chi connectivity index (χ2v) is 4.05. The highest BCUT2D eigenvalue weighted by Gasteiger charge is 2.01. The van der Waals surface area contributed by atoms with Crippen LogP contribution >= 0.6 is 0 Å². The van der Waals surface area contributed by atoms with Crippen molar-refractivity contribution in [1.82, 2.24) is 5.32 Å². The van der Waals surface area contributed by atoms with E-state index in [1.807, 2.05) is 0 Å². The van der Waals surface area contributed by atoms with Crippen LogP contribution in [-0.2, 0) is 9.59 Å². The number of methoxy groups -OCH3 is 1. The van der Waals surface area contributed by atoms with E-state index in [0.29, 0.717) is 24.3 Å². The smallest absolute Gasteiger partial charge is 0.303 e. The second kappa shape index (κ2) is 7.83. The van der Waals surface area contributed by atoms with Crippen LogP contribution in [0.15, 0.2) is 24.3 Å². The molecule has 0 bridgehead atoms. The summed E-state index contributed by atoms with van der Waals surface area (Å²) >= 11 is 0. The third kappa shape index (κ3) is 5.43. The zero-order chi connectivity index (χ0) is 15.0. The topological polar surface area (TPSA) is 95.9 Å². The average Bonchev–Trinajstić information content (AvgIpc) is 2.42. The van der Waals surface area contributed by atoms with Crippen LogP contribution in [0.5, 0.6) is 11.5 Å². The Morgan fingerprint density at radius 1 is 1.40 bits per heavy atom. The SMILES string of the molecule is COc1cc(/C=C/C(=O)NCCCC(=O)O)ccc1O. The molecule has 20 heavy (non-hydrogen) atoms. The molecule has 0 aliphatic carbocycles. The van der Waals surface area contributed by atoms with Crippen LogP contribution in [0.3, 0.4) is 0 Å². The van der Waals surface area contributed by atoms with Crippen molar-refractivity contribution in [2.45, 2.75) is 12.8 Å². The molecule has 0 fully saturated rings. The van der Waals surface area contributed by atoms with Gasteiger partial charge >= 0.3 is 5.97 Å². The number of nitrogens with one attached hydrogen (secondary N) is 1. The molecule has 0 unspecified atom stereocenters. The number of carboxylic acids is 1. The summed E-state index contributed by atoms with van der Waals surface area (Å²) in [6, 6.07) is 4.72. The maximum absolute atomic E-state index is 11.5. The number of carboxylic acid groups (broad SMARTS) is 1. The molecule has 0 atom stereocenters. The van der Waals surface area contributed by atoms with Gasteiger partial charge in [-0.3, -0.25) is 9.59 Å². The highest BCUT2D eigenvalue weighted by atomic mass is 16.5. The van der Waals surface area contributed by atoms with Crippen LogP contribution in [-0.4, -0.2) is 35.7 Å². The fourth-order valence-electron chi connectivity index (χ4n) is 1.48. The first kappa shape index (κ1) is 15.6. The Kier molecular flexibility index (Phi) is 6.09. The van der Waals surface area contributed by atoms with Crippen molar-refractivity contribution in [2.75, 3.05) is 13.7 Å². The van der Waals surface area contributed by atoms with Gasteiger partial charge in [-0.1, -0.05) is 6.07 Å². The normalized spacial score (nSPS) is 10.4. The van der Waals surface area contributed by atoms with Gasteiger partial charge in [0.25, 0.3) is 0 Å². The maximum Gasteiger partial charge on any atom is 0.303 e. The van der Waals surface area contributed by atoms with Crippen LogP contribution in [0, 0.1) is 0 Å². The molecule has 0 aromatic heterocycles. The molecule has 0 spiro atoms. The average molecular weight is 279 g/mol. The van der Waals surface area contributed by atoms with Crippen molar-refractivity contribution in [3.05, 3.63) is 29.8 Å². The summed E-state index contributed by atoms with van der Waals surface area (Å²) in [5.74, 6) is -0.829. The fraction of sp³-hybridized carbons (Fsp3) is 0.286. The number of phenolic OH excluding ortho intramolecular Hbond substituents is 1. The number of benzene rings is 1. The largest absolute Gasteiger partial charge is 0.504 e. The van der Waals surface area contributed by atoms with Crippen LogP contribution in [0.1, 0.15) is 18.4 Å². The Hall–Kier alpha value is -2.50. The highest BCUT2D eigenvalue weighted by molar-refractivity contribution is 5.91. The van der Waals surface area contributed by atoms with E-state index in [1.54, 1.807) is 18.2 Å². The first-order valence-electron chi connectivity index (χ1n) is 6.07. The van der Waals surface area contributed by atoms with Gasteiger partial charge in [-0.05, 0) is 30.2 Å². The molecule has 0 saturated heterocycles. The minimum atomic E-state index is -0.883. The summed E-state index contributed by atoms with van der Waals surface area (Å²) in [5, 5.41) is 20.4. The van der Waals surface area contributed by atoms with Crippen LogP contribution < -0.4 is 10.1 Å².